The largest absolute Gasteiger partial charge is 0.507 e. The molecule has 2 rings (SSSR count). The highest BCUT2D eigenvalue weighted by molar-refractivity contribution is 5.96. The van der Waals surface area contributed by atoms with Gasteiger partial charge in [0.2, 0.25) is 5.91 Å². The summed E-state index contributed by atoms with van der Waals surface area (Å²) in [7, 11) is 0. The van der Waals surface area contributed by atoms with Crippen LogP contribution >= 0.6 is 0 Å². The standard InChI is InChI=1S/C20H24N2O4/c1-15-8-10-16(11-9-15)26-14-4-7-19(24)21-12-13-22-20(25)17-5-2-3-6-18(17)23/h2-3,5-6,8-11,23H,4,7,12-14H2,1H3,(H,21,24)(H,22,25). The normalized spacial score (nSPS) is 10.2. The number of carbonyl (C=O) groups is 2. The van der Waals surface area contributed by atoms with Gasteiger partial charge in [0.15, 0.2) is 0 Å². The van der Waals surface area contributed by atoms with Crippen LogP contribution in [0.3, 0.4) is 0 Å². The minimum atomic E-state index is -0.371. The van der Waals surface area contributed by atoms with Crippen LogP contribution in [0.25, 0.3) is 0 Å². The maximum Gasteiger partial charge on any atom is 0.255 e. The van der Waals surface area contributed by atoms with Crippen molar-refractivity contribution in [2.75, 3.05) is 19.7 Å². The van der Waals surface area contributed by atoms with Gasteiger partial charge in [-0.1, -0.05) is 29.8 Å². The van der Waals surface area contributed by atoms with Gasteiger partial charge in [0, 0.05) is 19.5 Å². The number of phenolic OH excluding ortho intramolecular Hbond substituents is 1. The van der Waals surface area contributed by atoms with E-state index in [0.717, 1.165) is 5.75 Å². The molecule has 6 nitrogen and oxygen atoms in total. The lowest BCUT2D eigenvalue weighted by Gasteiger charge is -2.09. The molecular weight excluding hydrogens is 332 g/mol. The van der Waals surface area contributed by atoms with Gasteiger partial charge in [-0.15, -0.1) is 0 Å². The molecule has 0 aromatic heterocycles. The minimum absolute atomic E-state index is 0.0670. The summed E-state index contributed by atoms with van der Waals surface area (Å²) < 4.78 is 5.57. The fraction of sp³-hybridized carbons (Fsp3) is 0.300. The van der Waals surface area contributed by atoms with E-state index in [1.807, 2.05) is 31.2 Å². The highest BCUT2D eigenvalue weighted by Gasteiger charge is 2.09. The first-order valence-corrected chi connectivity index (χ1v) is 8.58. The summed E-state index contributed by atoms with van der Waals surface area (Å²) in [5.74, 6) is 0.267. The summed E-state index contributed by atoms with van der Waals surface area (Å²) in [6.07, 6.45) is 0.975. The SMILES string of the molecule is Cc1ccc(OCCCC(=O)NCCNC(=O)c2ccccc2O)cc1. The lowest BCUT2D eigenvalue weighted by Crippen LogP contribution is -2.34. The number of nitrogens with one attached hydrogen (secondary N) is 2. The summed E-state index contributed by atoms with van der Waals surface area (Å²) >= 11 is 0. The molecule has 0 radical (unpaired) electrons. The van der Waals surface area contributed by atoms with E-state index in [4.69, 9.17) is 4.74 Å². The van der Waals surface area contributed by atoms with E-state index in [1.54, 1.807) is 12.1 Å². The molecule has 26 heavy (non-hydrogen) atoms. The Morgan fingerprint density at radius 3 is 2.42 bits per heavy atom. The monoisotopic (exact) mass is 356 g/mol. The first kappa shape index (κ1) is 19.3. The summed E-state index contributed by atoms with van der Waals surface area (Å²) in [6.45, 7) is 3.11. The smallest absolute Gasteiger partial charge is 0.255 e. The van der Waals surface area contributed by atoms with E-state index < -0.39 is 0 Å². The van der Waals surface area contributed by atoms with Crippen LogP contribution in [0.5, 0.6) is 11.5 Å². The summed E-state index contributed by atoms with van der Waals surface area (Å²) in [4.78, 5) is 23.6. The zero-order chi connectivity index (χ0) is 18.8. The van der Waals surface area contributed by atoms with Crippen molar-refractivity contribution in [1.82, 2.24) is 10.6 Å². The second-order valence-corrected chi connectivity index (χ2v) is 5.89. The Balaban J connectivity index is 1.55. The van der Waals surface area contributed by atoms with Crippen LogP contribution in [0, 0.1) is 6.92 Å². The maximum atomic E-state index is 11.9. The highest BCUT2D eigenvalue weighted by Crippen LogP contribution is 2.14. The van der Waals surface area contributed by atoms with Gasteiger partial charge >= 0.3 is 0 Å². The predicted molar refractivity (Wildman–Crippen MR) is 99.4 cm³/mol. The summed E-state index contributed by atoms with van der Waals surface area (Å²) in [5, 5.41) is 15.0. The van der Waals surface area contributed by atoms with Crippen LogP contribution in [0.15, 0.2) is 48.5 Å². The Bertz CT molecular complexity index is 729. The van der Waals surface area contributed by atoms with Gasteiger partial charge in [0.25, 0.3) is 5.91 Å². The van der Waals surface area contributed by atoms with Gasteiger partial charge in [0.1, 0.15) is 11.5 Å². The average Bonchev–Trinajstić information content (AvgIpc) is 2.64. The van der Waals surface area contributed by atoms with E-state index >= 15 is 0 Å². The van der Waals surface area contributed by atoms with Crippen molar-refractivity contribution < 1.29 is 19.4 Å². The van der Waals surface area contributed by atoms with Crippen molar-refractivity contribution in [3.05, 3.63) is 59.7 Å². The van der Waals surface area contributed by atoms with Crippen LogP contribution in [-0.2, 0) is 4.79 Å². The molecule has 0 aliphatic carbocycles. The lowest BCUT2D eigenvalue weighted by molar-refractivity contribution is -0.121. The van der Waals surface area contributed by atoms with Crippen LogP contribution < -0.4 is 15.4 Å². The molecule has 6 heteroatoms. The van der Waals surface area contributed by atoms with Crippen molar-refractivity contribution in [3.63, 3.8) is 0 Å². The second kappa shape index (κ2) is 10.1. The first-order chi connectivity index (χ1) is 12.6. The molecule has 2 amide bonds. The number of phenols is 1. The molecule has 0 saturated heterocycles. The molecule has 0 unspecified atom stereocenters. The van der Waals surface area contributed by atoms with E-state index in [0.29, 0.717) is 32.5 Å². The number of hydrogen-bond donors (Lipinski definition) is 3. The van der Waals surface area contributed by atoms with Gasteiger partial charge in [0.05, 0.1) is 12.2 Å². The number of ether oxygens (including phenoxy) is 1. The maximum absolute atomic E-state index is 11.9. The number of amides is 2. The van der Waals surface area contributed by atoms with Crippen LogP contribution in [0.1, 0.15) is 28.8 Å². The van der Waals surface area contributed by atoms with Gasteiger partial charge < -0.3 is 20.5 Å². The van der Waals surface area contributed by atoms with E-state index in [2.05, 4.69) is 10.6 Å². The van der Waals surface area contributed by atoms with Gasteiger partial charge in [-0.25, -0.2) is 0 Å². The molecule has 2 aromatic carbocycles. The number of benzene rings is 2. The fourth-order valence-electron chi connectivity index (χ4n) is 2.28. The van der Waals surface area contributed by atoms with Crippen LogP contribution in [-0.4, -0.2) is 36.6 Å². The summed E-state index contributed by atoms with van der Waals surface area (Å²) in [6, 6.07) is 14.1. The number of hydrogen-bond acceptors (Lipinski definition) is 4. The molecule has 2 aromatic rings. The molecule has 0 atom stereocenters. The van der Waals surface area contributed by atoms with Crippen LogP contribution in [0.4, 0.5) is 0 Å². The minimum Gasteiger partial charge on any atom is -0.507 e. The molecule has 0 saturated carbocycles. The van der Waals surface area contributed by atoms with Gasteiger partial charge in [-0.3, -0.25) is 9.59 Å². The Morgan fingerprint density at radius 1 is 1.00 bits per heavy atom. The molecule has 3 N–H and O–H groups in total. The third kappa shape index (κ3) is 6.47. The molecule has 0 fully saturated rings. The second-order valence-electron chi connectivity index (χ2n) is 5.89. The third-order valence-corrected chi connectivity index (χ3v) is 3.72. The Hall–Kier alpha value is -3.02. The molecular formula is C20H24N2O4. The zero-order valence-corrected chi connectivity index (χ0v) is 14.8. The number of aromatic hydroxyl groups is 1. The predicted octanol–water partition coefficient (Wildman–Crippen LogP) is 2.41. The molecule has 0 spiro atoms. The number of rotatable bonds is 9. The average molecular weight is 356 g/mol. The van der Waals surface area contributed by atoms with Gasteiger partial charge in [-0.2, -0.15) is 0 Å². The van der Waals surface area contributed by atoms with Crippen LogP contribution in [0.2, 0.25) is 0 Å². The highest BCUT2D eigenvalue weighted by atomic mass is 16.5. The molecule has 0 heterocycles. The Morgan fingerprint density at radius 2 is 1.69 bits per heavy atom. The Labute approximate surface area is 153 Å². The fourth-order valence-corrected chi connectivity index (χ4v) is 2.28. The molecule has 0 bridgehead atoms. The quantitative estimate of drug-likeness (QED) is 0.602. The van der Waals surface area contributed by atoms with Crippen molar-refractivity contribution in [2.24, 2.45) is 0 Å². The van der Waals surface area contributed by atoms with Crippen molar-refractivity contribution >= 4 is 11.8 Å². The van der Waals surface area contributed by atoms with Crippen molar-refractivity contribution in [3.8, 4) is 11.5 Å². The van der Waals surface area contributed by atoms with Gasteiger partial charge in [-0.05, 0) is 37.6 Å². The van der Waals surface area contributed by atoms with E-state index in [-0.39, 0.29) is 23.1 Å². The van der Waals surface area contributed by atoms with Crippen molar-refractivity contribution in [2.45, 2.75) is 19.8 Å². The topological polar surface area (TPSA) is 87.7 Å². The summed E-state index contributed by atoms with van der Waals surface area (Å²) in [5.41, 5.74) is 1.39. The third-order valence-electron chi connectivity index (χ3n) is 3.72. The Kier molecular flexibility index (Phi) is 7.49. The number of aryl methyl sites for hydroxylation is 1. The first-order valence-electron chi connectivity index (χ1n) is 8.58. The zero-order valence-electron chi connectivity index (χ0n) is 14.8. The molecule has 0 aliphatic rings. The molecule has 138 valence electrons. The number of para-hydroxylation sites is 1. The van der Waals surface area contributed by atoms with Crippen molar-refractivity contribution in [1.29, 1.82) is 0 Å². The van der Waals surface area contributed by atoms with E-state index in [9.17, 15) is 14.7 Å². The molecule has 0 aliphatic heterocycles. The number of carbonyl (C=O) groups excluding carboxylic acids is 2. The van der Waals surface area contributed by atoms with E-state index in [1.165, 1.54) is 17.7 Å². The lowest BCUT2D eigenvalue weighted by atomic mass is 10.2.